The van der Waals surface area contributed by atoms with Crippen LogP contribution in [-0.2, 0) is 17.8 Å². The lowest BCUT2D eigenvalue weighted by molar-refractivity contribution is 0.275. The van der Waals surface area contributed by atoms with E-state index < -0.39 is 7.12 Å². The number of fused-ring (bicyclic) bond motifs is 1. The van der Waals surface area contributed by atoms with Gasteiger partial charge in [0.1, 0.15) is 0 Å². The van der Waals surface area contributed by atoms with Crippen molar-refractivity contribution in [3.8, 4) is 0 Å². The highest BCUT2D eigenvalue weighted by molar-refractivity contribution is 6.61. The Morgan fingerprint density at radius 1 is 1.05 bits per heavy atom. The van der Waals surface area contributed by atoms with Crippen LogP contribution in [0.4, 0.5) is 5.69 Å². The fourth-order valence-electron chi connectivity index (χ4n) is 2.12. The first-order chi connectivity index (χ1) is 10.8. The molecule has 1 aliphatic heterocycles. The molecule has 1 aliphatic rings. The van der Waals surface area contributed by atoms with Crippen LogP contribution in [0.1, 0.15) is 38.8 Å². The summed E-state index contributed by atoms with van der Waals surface area (Å²) < 4.78 is 5.17. The van der Waals surface area contributed by atoms with E-state index in [0.29, 0.717) is 6.61 Å². The third-order valence-corrected chi connectivity index (χ3v) is 3.15. The maximum Gasteiger partial charge on any atom is 0.491 e. The molecule has 2 N–H and O–H groups in total. The van der Waals surface area contributed by atoms with Crippen LogP contribution < -0.4 is 10.8 Å². The molecule has 22 heavy (non-hydrogen) atoms. The van der Waals surface area contributed by atoms with E-state index in [9.17, 15) is 5.02 Å². The molecule has 0 bridgehead atoms. The highest BCUT2D eigenvalue weighted by Gasteiger charge is 2.27. The second-order valence-electron chi connectivity index (χ2n) is 4.42. The molecule has 0 radical (unpaired) electrons. The summed E-state index contributed by atoms with van der Waals surface area (Å²) in [4.78, 5) is 0. The molecule has 3 rings (SSSR count). The van der Waals surface area contributed by atoms with Gasteiger partial charge in [0.25, 0.3) is 0 Å². The smallest absolute Gasteiger partial charge is 0.423 e. The molecule has 0 aromatic heterocycles. The molecular formula is C18H26BNO2. The molecular weight excluding hydrogens is 273 g/mol. The van der Waals surface area contributed by atoms with Gasteiger partial charge < -0.3 is 15.0 Å². The number of nitrogens with one attached hydrogen (secondary N) is 1. The Morgan fingerprint density at radius 2 is 1.73 bits per heavy atom. The molecule has 3 nitrogen and oxygen atoms in total. The highest BCUT2D eigenvalue weighted by atomic mass is 16.5. The number of hydrogen-bond acceptors (Lipinski definition) is 3. The zero-order valence-electron chi connectivity index (χ0n) is 14.0. The molecule has 0 fully saturated rings. The molecule has 118 valence electrons. The Balaban J connectivity index is 0.000000561. The van der Waals surface area contributed by atoms with Crippen LogP contribution in [0.25, 0.3) is 0 Å². The molecule has 0 aliphatic carbocycles. The van der Waals surface area contributed by atoms with E-state index in [4.69, 9.17) is 4.65 Å². The quantitative estimate of drug-likeness (QED) is 0.851. The normalized spacial score (nSPS) is 11.6. The fraction of sp³-hybridized carbons (Fsp3) is 0.333. The summed E-state index contributed by atoms with van der Waals surface area (Å²) >= 11 is 0. The Kier molecular flexibility index (Phi) is 8.34. The van der Waals surface area contributed by atoms with E-state index in [2.05, 4.69) is 17.4 Å². The van der Waals surface area contributed by atoms with Crippen molar-refractivity contribution in [3.05, 3.63) is 59.7 Å². The van der Waals surface area contributed by atoms with Gasteiger partial charge in [-0.2, -0.15) is 0 Å². The third kappa shape index (κ3) is 4.90. The molecule has 0 amide bonds. The SMILES string of the molecule is CC.CC.OB1OCc2ccc(NCc3ccccc3)cc21. The van der Waals surface area contributed by atoms with Crippen molar-refractivity contribution in [1.29, 1.82) is 0 Å². The van der Waals surface area contributed by atoms with Gasteiger partial charge in [0, 0.05) is 12.2 Å². The second-order valence-corrected chi connectivity index (χ2v) is 4.42. The molecule has 4 heteroatoms. The molecule has 0 spiro atoms. The summed E-state index contributed by atoms with van der Waals surface area (Å²) in [6.45, 7) is 9.27. The minimum atomic E-state index is -0.779. The molecule has 0 unspecified atom stereocenters. The summed E-state index contributed by atoms with van der Waals surface area (Å²) in [5.74, 6) is 0. The van der Waals surface area contributed by atoms with E-state index >= 15 is 0 Å². The van der Waals surface area contributed by atoms with Gasteiger partial charge in [-0.05, 0) is 28.7 Å². The van der Waals surface area contributed by atoms with Gasteiger partial charge in [0.05, 0.1) is 6.61 Å². The topological polar surface area (TPSA) is 41.5 Å². The zero-order valence-corrected chi connectivity index (χ0v) is 14.0. The Labute approximate surface area is 134 Å². The predicted molar refractivity (Wildman–Crippen MR) is 95.3 cm³/mol. The van der Waals surface area contributed by atoms with Crippen molar-refractivity contribution in [2.75, 3.05) is 5.32 Å². The van der Waals surface area contributed by atoms with Crippen LogP contribution in [0.15, 0.2) is 48.5 Å². The molecule has 2 aromatic carbocycles. The lowest BCUT2D eigenvalue weighted by Gasteiger charge is -2.08. The largest absolute Gasteiger partial charge is 0.491 e. The first kappa shape index (κ1) is 18.3. The molecule has 1 heterocycles. The predicted octanol–water partition coefficient (Wildman–Crippen LogP) is 3.57. The minimum absolute atomic E-state index is 0.496. The van der Waals surface area contributed by atoms with Crippen LogP contribution >= 0.6 is 0 Å². The van der Waals surface area contributed by atoms with Crippen molar-refractivity contribution in [2.24, 2.45) is 0 Å². The average Bonchev–Trinajstić information content (AvgIpc) is 2.98. The van der Waals surface area contributed by atoms with Gasteiger partial charge in [0.2, 0.25) is 0 Å². The van der Waals surface area contributed by atoms with Gasteiger partial charge in [-0.1, -0.05) is 64.1 Å². The highest BCUT2D eigenvalue weighted by Crippen LogP contribution is 2.15. The Hall–Kier alpha value is -1.78. The number of hydrogen-bond donors (Lipinski definition) is 2. The van der Waals surface area contributed by atoms with Crippen molar-refractivity contribution >= 4 is 18.3 Å². The maximum absolute atomic E-state index is 9.64. The van der Waals surface area contributed by atoms with Gasteiger partial charge in [0.15, 0.2) is 0 Å². The van der Waals surface area contributed by atoms with Crippen LogP contribution in [-0.4, -0.2) is 12.1 Å². The van der Waals surface area contributed by atoms with E-state index in [1.165, 1.54) is 5.56 Å². The zero-order chi connectivity index (χ0) is 16.4. The fourth-order valence-corrected chi connectivity index (χ4v) is 2.12. The van der Waals surface area contributed by atoms with Crippen molar-refractivity contribution in [2.45, 2.75) is 40.8 Å². The number of benzene rings is 2. The van der Waals surface area contributed by atoms with Gasteiger partial charge >= 0.3 is 7.12 Å². The van der Waals surface area contributed by atoms with E-state index in [-0.39, 0.29) is 0 Å². The lowest BCUT2D eigenvalue weighted by atomic mass is 9.79. The summed E-state index contributed by atoms with van der Waals surface area (Å²) in [6.07, 6.45) is 0. The number of anilines is 1. The second kappa shape index (κ2) is 10.0. The summed E-state index contributed by atoms with van der Waals surface area (Å²) in [5.41, 5.74) is 4.16. The van der Waals surface area contributed by atoms with Gasteiger partial charge in [-0.25, -0.2) is 0 Å². The average molecular weight is 299 g/mol. The summed E-state index contributed by atoms with van der Waals surface area (Å²) in [6, 6.07) is 16.2. The van der Waals surface area contributed by atoms with Gasteiger partial charge in [-0.15, -0.1) is 0 Å². The molecule has 2 aromatic rings. The minimum Gasteiger partial charge on any atom is -0.423 e. The van der Waals surface area contributed by atoms with Crippen molar-refractivity contribution < 1.29 is 9.68 Å². The van der Waals surface area contributed by atoms with Crippen LogP contribution in [0.2, 0.25) is 0 Å². The van der Waals surface area contributed by atoms with E-state index in [0.717, 1.165) is 23.3 Å². The Morgan fingerprint density at radius 3 is 2.41 bits per heavy atom. The van der Waals surface area contributed by atoms with E-state index in [1.54, 1.807) is 0 Å². The monoisotopic (exact) mass is 299 g/mol. The van der Waals surface area contributed by atoms with Crippen molar-refractivity contribution in [1.82, 2.24) is 0 Å². The number of rotatable bonds is 3. The summed E-state index contributed by atoms with van der Waals surface area (Å²) in [7, 11) is -0.779. The summed E-state index contributed by atoms with van der Waals surface area (Å²) in [5, 5.41) is 13.0. The van der Waals surface area contributed by atoms with Crippen LogP contribution in [0, 0.1) is 0 Å². The maximum atomic E-state index is 9.64. The first-order valence-electron chi connectivity index (χ1n) is 8.03. The first-order valence-corrected chi connectivity index (χ1v) is 8.03. The molecule has 0 saturated carbocycles. The van der Waals surface area contributed by atoms with E-state index in [1.807, 2.05) is 64.1 Å². The molecule has 0 saturated heterocycles. The van der Waals surface area contributed by atoms with Crippen LogP contribution in [0.5, 0.6) is 0 Å². The molecule has 0 atom stereocenters. The standard InChI is InChI=1S/C14H14BNO2.2C2H6/c17-15-14-8-13(7-6-12(14)10-18-15)16-9-11-4-2-1-3-5-11;2*1-2/h1-8,16-17H,9-10H2;2*1-2H3. The Bertz CT molecular complexity index is 546. The van der Waals surface area contributed by atoms with Crippen molar-refractivity contribution in [3.63, 3.8) is 0 Å². The lowest BCUT2D eigenvalue weighted by Crippen LogP contribution is -2.28. The third-order valence-electron chi connectivity index (χ3n) is 3.15. The van der Waals surface area contributed by atoms with Crippen LogP contribution in [0.3, 0.4) is 0 Å². The van der Waals surface area contributed by atoms with Gasteiger partial charge in [-0.3, -0.25) is 0 Å².